The molecule has 0 atom stereocenters. The van der Waals surface area contributed by atoms with Gasteiger partial charge in [0.05, 0.1) is 12.2 Å². The topological polar surface area (TPSA) is 88.7 Å². The van der Waals surface area contributed by atoms with Crippen LogP contribution in [0.15, 0.2) is 36.4 Å². The second-order valence-corrected chi connectivity index (χ2v) is 4.79. The van der Waals surface area contributed by atoms with E-state index in [9.17, 15) is 4.79 Å². The second kappa shape index (κ2) is 5.32. The first-order valence-corrected chi connectivity index (χ1v) is 6.60. The molecular formula is C15H15N3O3. The summed E-state index contributed by atoms with van der Waals surface area (Å²) in [5.41, 5.74) is 7.42. The minimum Gasteiger partial charge on any atom is -0.491 e. The SMILES string of the molecule is Nc1ccc(C(=O)O)nc1N1CCOc2ccccc2C1. The molecule has 108 valence electrons. The summed E-state index contributed by atoms with van der Waals surface area (Å²) >= 11 is 0. The Bertz CT molecular complexity index is 688. The van der Waals surface area contributed by atoms with E-state index >= 15 is 0 Å². The number of ether oxygens (including phenoxy) is 1. The van der Waals surface area contributed by atoms with Gasteiger partial charge in [-0.25, -0.2) is 9.78 Å². The van der Waals surface area contributed by atoms with Gasteiger partial charge in [0, 0.05) is 12.1 Å². The van der Waals surface area contributed by atoms with Gasteiger partial charge in [-0.1, -0.05) is 18.2 Å². The monoisotopic (exact) mass is 285 g/mol. The average Bonchev–Trinajstić information content (AvgIpc) is 2.69. The number of hydrogen-bond acceptors (Lipinski definition) is 5. The number of nitrogens with two attached hydrogens (primary N) is 1. The van der Waals surface area contributed by atoms with E-state index in [4.69, 9.17) is 15.6 Å². The number of benzene rings is 1. The molecule has 0 unspecified atom stereocenters. The zero-order valence-electron chi connectivity index (χ0n) is 11.3. The van der Waals surface area contributed by atoms with Gasteiger partial charge in [0.15, 0.2) is 11.5 Å². The normalized spacial score (nSPS) is 14.0. The molecule has 2 heterocycles. The van der Waals surface area contributed by atoms with Gasteiger partial charge < -0.3 is 20.5 Å². The summed E-state index contributed by atoms with van der Waals surface area (Å²) in [6, 6.07) is 10.7. The summed E-state index contributed by atoms with van der Waals surface area (Å²) in [6.07, 6.45) is 0. The van der Waals surface area contributed by atoms with Crippen molar-refractivity contribution in [1.82, 2.24) is 4.98 Å². The molecule has 0 fully saturated rings. The van der Waals surface area contributed by atoms with Gasteiger partial charge in [-0.15, -0.1) is 0 Å². The average molecular weight is 285 g/mol. The Hall–Kier alpha value is -2.76. The molecule has 1 aromatic heterocycles. The van der Waals surface area contributed by atoms with Crippen LogP contribution in [0.4, 0.5) is 11.5 Å². The van der Waals surface area contributed by atoms with E-state index in [-0.39, 0.29) is 5.69 Å². The van der Waals surface area contributed by atoms with Crippen molar-refractivity contribution < 1.29 is 14.6 Å². The first kappa shape index (κ1) is 13.2. The number of para-hydroxylation sites is 1. The number of carbonyl (C=O) groups is 1. The summed E-state index contributed by atoms with van der Waals surface area (Å²) in [6.45, 7) is 1.67. The third-order valence-electron chi connectivity index (χ3n) is 3.38. The van der Waals surface area contributed by atoms with Crippen LogP contribution < -0.4 is 15.4 Å². The van der Waals surface area contributed by atoms with E-state index < -0.39 is 5.97 Å². The number of aromatic nitrogens is 1. The molecule has 0 aliphatic carbocycles. The fraction of sp³-hybridized carbons (Fsp3) is 0.200. The summed E-state index contributed by atoms with van der Waals surface area (Å²) < 4.78 is 5.69. The second-order valence-electron chi connectivity index (χ2n) is 4.79. The number of nitrogen functional groups attached to an aromatic ring is 1. The summed E-state index contributed by atoms with van der Waals surface area (Å²) in [4.78, 5) is 17.2. The largest absolute Gasteiger partial charge is 0.491 e. The zero-order chi connectivity index (χ0) is 14.8. The standard InChI is InChI=1S/C15H15N3O3/c16-11-5-6-12(15(19)20)17-14(11)18-7-8-21-13-4-2-1-3-10(13)9-18/h1-6H,7-9,16H2,(H,19,20). The molecule has 0 spiro atoms. The molecule has 3 N–H and O–H groups in total. The van der Waals surface area contributed by atoms with Gasteiger partial charge in [-0.05, 0) is 18.2 Å². The smallest absolute Gasteiger partial charge is 0.354 e. The Kier molecular flexibility index (Phi) is 3.35. The van der Waals surface area contributed by atoms with Crippen LogP contribution in [-0.4, -0.2) is 29.2 Å². The molecule has 6 heteroatoms. The van der Waals surface area contributed by atoms with Crippen LogP contribution in [0, 0.1) is 0 Å². The molecule has 1 aliphatic rings. The minimum absolute atomic E-state index is 0.0161. The highest BCUT2D eigenvalue weighted by molar-refractivity contribution is 5.87. The van der Waals surface area contributed by atoms with Crippen molar-refractivity contribution in [3.63, 3.8) is 0 Å². The van der Waals surface area contributed by atoms with Crippen molar-refractivity contribution >= 4 is 17.5 Å². The van der Waals surface area contributed by atoms with E-state index in [2.05, 4.69) is 4.98 Å². The first-order valence-electron chi connectivity index (χ1n) is 6.60. The fourth-order valence-electron chi connectivity index (χ4n) is 2.34. The molecule has 0 saturated carbocycles. The van der Waals surface area contributed by atoms with Gasteiger partial charge in [-0.3, -0.25) is 0 Å². The molecule has 6 nitrogen and oxygen atoms in total. The molecule has 0 saturated heterocycles. The Labute approximate surface area is 121 Å². The van der Waals surface area contributed by atoms with E-state index in [1.807, 2.05) is 29.2 Å². The first-order chi connectivity index (χ1) is 10.1. The third kappa shape index (κ3) is 2.60. The molecule has 1 aromatic carbocycles. The lowest BCUT2D eigenvalue weighted by molar-refractivity contribution is 0.0690. The van der Waals surface area contributed by atoms with Crippen molar-refractivity contribution in [3.8, 4) is 5.75 Å². The molecule has 2 aromatic rings. The Morgan fingerprint density at radius 3 is 2.90 bits per heavy atom. The number of aromatic carboxylic acids is 1. The Balaban J connectivity index is 1.97. The molecule has 0 amide bonds. The number of hydrogen-bond donors (Lipinski definition) is 2. The number of anilines is 2. The predicted octanol–water partition coefficient (Wildman–Crippen LogP) is 1.76. The van der Waals surface area contributed by atoms with E-state index in [1.165, 1.54) is 6.07 Å². The van der Waals surface area contributed by atoms with Gasteiger partial charge in [0.1, 0.15) is 12.4 Å². The summed E-state index contributed by atoms with van der Waals surface area (Å²) in [5.74, 6) is 0.255. The maximum absolute atomic E-state index is 11.1. The van der Waals surface area contributed by atoms with Crippen LogP contribution in [0.3, 0.4) is 0 Å². The van der Waals surface area contributed by atoms with Crippen LogP contribution in [0.25, 0.3) is 0 Å². The molecule has 1 aliphatic heterocycles. The molecule has 0 bridgehead atoms. The molecular weight excluding hydrogens is 270 g/mol. The summed E-state index contributed by atoms with van der Waals surface area (Å²) in [7, 11) is 0. The van der Waals surface area contributed by atoms with Gasteiger partial charge in [0.2, 0.25) is 0 Å². The van der Waals surface area contributed by atoms with Gasteiger partial charge in [0.25, 0.3) is 0 Å². The third-order valence-corrected chi connectivity index (χ3v) is 3.38. The maximum atomic E-state index is 11.1. The number of pyridine rings is 1. The Morgan fingerprint density at radius 2 is 2.10 bits per heavy atom. The van der Waals surface area contributed by atoms with Crippen molar-refractivity contribution in [2.45, 2.75) is 6.54 Å². The number of fused-ring (bicyclic) bond motifs is 1. The number of carboxylic acid groups (broad SMARTS) is 1. The number of carboxylic acids is 1. The summed E-state index contributed by atoms with van der Waals surface area (Å²) in [5, 5.41) is 9.07. The van der Waals surface area contributed by atoms with Crippen molar-refractivity contribution in [2.75, 3.05) is 23.8 Å². The lowest BCUT2D eigenvalue weighted by Gasteiger charge is -2.22. The zero-order valence-corrected chi connectivity index (χ0v) is 11.3. The van der Waals surface area contributed by atoms with Crippen LogP contribution in [0.2, 0.25) is 0 Å². The quantitative estimate of drug-likeness (QED) is 0.874. The minimum atomic E-state index is -1.07. The molecule has 0 radical (unpaired) electrons. The van der Waals surface area contributed by atoms with Crippen LogP contribution in [0.1, 0.15) is 16.1 Å². The van der Waals surface area contributed by atoms with Gasteiger partial charge >= 0.3 is 5.97 Å². The van der Waals surface area contributed by atoms with E-state index in [0.717, 1.165) is 11.3 Å². The fourth-order valence-corrected chi connectivity index (χ4v) is 2.34. The van der Waals surface area contributed by atoms with Crippen molar-refractivity contribution in [2.24, 2.45) is 0 Å². The maximum Gasteiger partial charge on any atom is 0.354 e. The van der Waals surface area contributed by atoms with E-state index in [0.29, 0.717) is 31.2 Å². The number of rotatable bonds is 2. The van der Waals surface area contributed by atoms with Crippen LogP contribution in [-0.2, 0) is 6.54 Å². The van der Waals surface area contributed by atoms with Crippen molar-refractivity contribution in [1.29, 1.82) is 0 Å². The molecule has 21 heavy (non-hydrogen) atoms. The van der Waals surface area contributed by atoms with Crippen molar-refractivity contribution in [3.05, 3.63) is 47.7 Å². The molecule has 3 rings (SSSR count). The highest BCUT2D eigenvalue weighted by atomic mass is 16.5. The Morgan fingerprint density at radius 1 is 1.29 bits per heavy atom. The predicted molar refractivity (Wildman–Crippen MR) is 78.6 cm³/mol. The highest BCUT2D eigenvalue weighted by Crippen LogP contribution is 2.28. The van der Waals surface area contributed by atoms with E-state index in [1.54, 1.807) is 6.07 Å². The number of nitrogens with zero attached hydrogens (tertiary/aromatic N) is 2. The van der Waals surface area contributed by atoms with Gasteiger partial charge in [-0.2, -0.15) is 0 Å². The lowest BCUT2D eigenvalue weighted by Crippen LogP contribution is -2.27. The highest BCUT2D eigenvalue weighted by Gasteiger charge is 2.19. The van der Waals surface area contributed by atoms with Crippen LogP contribution in [0.5, 0.6) is 5.75 Å². The van der Waals surface area contributed by atoms with Crippen LogP contribution >= 0.6 is 0 Å². The lowest BCUT2D eigenvalue weighted by atomic mass is 10.2.